The number of nitrogens with zero attached hydrogens (tertiary/aromatic N) is 4. The number of anilines is 1. The minimum atomic E-state index is -1.17. The lowest BCUT2D eigenvalue weighted by Crippen LogP contribution is -2.31. The van der Waals surface area contributed by atoms with E-state index in [2.05, 4.69) is 26.2 Å². The van der Waals surface area contributed by atoms with Gasteiger partial charge >= 0.3 is 0 Å². The molecule has 0 amide bonds. The molecular weight excluding hydrogens is 350 g/mol. The number of fused-ring (bicyclic) bond motifs is 1. The molecule has 9 nitrogen and oxygen atoms in total. The average molecular weight is 373 g/mol. The third kappa shape index (κ3) is 3.26. The molecule has 4 rings (SSSR count). The monoisotopic (exact) mass is 373 g/mol. The molecule has 1 saturated heterocycles. The molecule has 2 aromatic heterocycles. The summed E-state index contributed by atoms with van der Waals surface area (Å²) in [4.78, 5) is 13.0. The largest absolute Gasteiger partial charge is 0.386 e. The lowest BCUT2D eigenvalue weighted by Gasteiger charge is -2.28. The van der Waals surface area contributed by atoms with Crippen molar-refractivity contribution >= 4 is 17.0 Å². The number of aliphatic hydroxyl groups excluding tert-OH is 2. The summed E-state index contributed by atoms with van der Waals surface area (Å²) in [5.74, 6) is 2.98. The van der Waals surface area contributed by atoms with Crippen molar-refractivity contribution in [3.63, 3.8) is 0 Å². The maximum absolute atomic E-state index is 10.3. The van der Waals surface area contributed by atoms with E-state index >= 15 is 0 Å². The van der Waals surface area contributed by atoms with Crippen LogP contribution in [0, 0.1) is 12.3 Å². The molecule has 0 radical (unpaired) electrons. The van der Waals surface area contributed by atoms with Gasteiger partial charge in [-0.1, -0.05) is 5.92 Å². The van der Waals surface area contributed by atoms with Gasteiger partial charge in [-0.25, -0.2) is 15.0 Å². The van der Waals surface area contributed by atoms with E-state index in [-0.39, 0.29) is 0 Å². The molecule has 4 atom stereocenters. The Bertz CT molecular complexity index is 842. The van der Waals surface area contributed by atoms with Crippen LogP contribution in [0.2, 0.25) is 0 Å². The van der Waals surface area contributed by atoms with E-state index in [0.717, 1.165) is 25.7 Å². The second kappa shape index (κ2) is 7.40. The van der Waals surface area contributed by atoms with Crippen LogP contribution >= 0.6 is 0 Å². The van der Waals surface area contributed by atoms with Gasteiger partial charge in [-0.15, -0.1) is 6.42 Å². The van der Waals surface area contributed by atoms with E-state index in [1.54, 1.807) is 11.7 Å². The fourth-order valence-electron chi connectivity index (χ4n) is 3.81. The number of terminal acetylenes is 1. The molecule has 0 spiro atoms. The number of nitrogens with one attached hydrogen (secondary N) is 1. The van der Waals surface area contributed by atoms with Gasteiger partial charge < -0.3 is 25.0 Å². The number of rotatable bonds is 4. The number of imidazole rings is 1. The quantitative estimate of drug-likeness (QED) is 0.662. The predicted molar refractivity (Wildman–Crippen MR) is 96.8 cm³/mol. The summed E-state index contributed by atoms with van der Waals surface area (Å²) in [6, 6.07) is 0.292. The third-order valence-electron chi connectivity index (χ3n) is 5.38. The zero-order valence-electron chi connectivity index (χ0n) is 15.0. The first-order valence-electron chi connectivity index (χ1n) is 9.07. The molecule has 27 heavy (non-hydrogen) atoms. The molecule has 9 heteroatoms. The molecule has 0 unspecified atom stereocenters. The molecule has 2 aromatic rings. The first-order chi connectivity index (χ1) is 13.1. The minimum Gasteiger partial charge on any atom is -0.386 e. The zero-order valence-corrected chi connectivity index (χ0v) is 15.0. The second-order valence-electron chi connectivity index (χ2n) is 7.00. The molecule has 3 N–H and O–H groups in total. The van der Waals surface area contributed by atoms with Gasteiger partial charge in [0.1, 0.15) is 24.6 Å². The van der Waals surface area contributed by atoms with Gasteiger partial charge in [0.2, 0.25) is 0 Å². The van der Waals surface area contributed by atoms with Crippen LogP contribution in [0.3, 0.4) is 0 Å². The number of hydrogen-bond donors (Lipinski definition) is 3. The minimum absolute atomic E-state index is 0.292. The Balaban J connectivity index is 1.57. The zero-order chi connectivity index (χ0) is 19.0. The first-order valence-corrected chi connectivity index (χ1v) is 9.07. The Labute approximate surface area is 156 Å². The van der Waals surface area contributed by atoms with E-state index in [4.69, 9.17) is 15.9 Å². The molecule has 1 saturated carbocycles. The Morgan fingerprint density at radius 3 is 2.67 bits per heavy atom. The van der Waals surface area contributed by atoms with Crippen molar-refractivity contribution in [2.45, 2.75) is 62.4 Å². The van der Waals surface area contributed by atoms with Crippen molar-refractivity contribution < 1.29 is 19.7 Å². The van der Waals surface area contributed by atoms with Crippen LogP contribution in [-0.4, -0.2) is 67.3 Å². The molecule has 0 aromatic carbocycles. The van der Waals surface area contributed by atoms with Gasteiger partial charge in [0.25, 0.3) is 0 Å². The third-order valence-corrected chi connectivity index (χ3v) is 5.38. The van der Waals surface area contributed by atoms with Gasteiger partial charge in [0.15, 0.2) is 23.2 Å². The van der Waals surface area contributed by atoms with Gasteiger partial charge in [0.05, 0.1) is 12.4 Å². The van der Waals surface area contributed by atoms with Crippen LogP contribution < -0.4 is 5.32 Å². The number of ether oxygens (including phenoxy) is 2. The molecule has 2 aliphatic rings. The summed E-state index contributed by atoms with van der Waals surface area (Å²) in [6.07, 6.45) is 8.57. The maximum atomic E-state index is 10.3. The van der Waals surface area contributed by atoms with Crippen molar-refractivity contribution in [2.75, 3.05) is 12.4 Å². The highest BCUT2D eigenvalue weighted by Crippen LogP contribution is 2.32. The highest BCUT2D eigenvalue weighted by Gasteiger charge is 2.43. The number of methoxy groups -OCH3 is 1. The van der Waals surface area contributed by atoms with Crippen LogP contribution in [0.25, 0.3) is 11.2 Å². The van der Waals surface area contributed by atoms with Crippen LogP contribution in [0.1, 0.15) is 31.9 Å². The predicted octanol–water partition coefficient (Wildman–Crippen LogP) is 0.448. The summed E-state index contributed by atoms with van der Waals surface area (Å²) >= 11 is 0. The van der Waals surface area contributed by atoms with Crippen LogP contribution in [0.4, 0.5) is 5.82 Å². The van der Waals surface area contributed by atoms with Crippen molar-refractivity contribution in [3.8, 4) is 12.3 Å². The molecular formula is C18H23N5O4. The standard InChI is InChI=1S/C18H23N5O4/c1-3-12-14(24)15(25)18(27-12)23-9-21-13-16(19-8-20-17(13)23)22-10-4-6-11(26-2)7-5-10/h1,8-12,14-15,18,24-25H,4-7H2,2H3,(H,19,20,22)/t10-,11-,12-,14-,15-,18-/m1/s1. The van der Waals surface area contributed by atoms with Crippen molar-refractivity contribution in [3.05, 3.63) is 12.7 Å². The number of hydrogen-bond acceptors (Lipinski definition) is 8. The van der Waals surface area contributed by atoms with E-state index < -0.39 is 24.5 Å². The SMILES string of the molecule is C#C[C@H]1O[C@@H](n2cnc3c(N[C@H]4CC[C@H](OC)CC4)ncnc32)[C@H](O)[C@@H]1O. The van der Waals surface area contributed by atoms with Gasteiger partial charge in [-0.2, -0.15) is 0 Å². The molecule has 1 aliphatic carbocycles. The van der Waals surface area contributed by atoms with Crippen molar-refractivity contribution in [2.24, 2.45) is 0 Å². The number of aromatic nitrogens is 4. The Morgan fingerprint density at radius 2 is 2.00 bits per heavy atom. The number of aliphatic hydroxyl groups is 2. The molecule has 3 heterocycles. The lowest BCUT2D eigenvalue weighted by atomic mass is 9.93. The summed E-state index contributed by atoms with van der Waals surface area (Å²) in [6.45, 7) is 0. The van der Waals surface area contributed by atoms with Crippen molar-refractivity contribution in [1.82, 2.24) is 19.5 Å². The van der Waals surface area contributed by atoms with Crippen molar-refractivity contribution in [1.29, 1.82) is 0 Å². The first kappa shape index (κ1) is 18.1. The summed E-state index contributed by atoms with van der Waals surface area (Å²) in [5, 5.41) is 23.7. The summed E-state index contributed by atoms with van der Waals surface area (Å²) in [7, 11) is 1.75. The summed E-state index contributed by atoms with van der Waals surface area (Å²) < 4.78 is 12.6. The summed E-state index contributed by atoms with van der Waals surface area (Å²) in [5.41, 5.74) is 1.09. The molecule has 144 valence electrons. The van der Waals surface area contributed by atoms with Gasteiger partial charge in [-0.3, -0.25) is 4.57 Å². The highest BCUT2D eigenvalue weighted by atomic mass is 16.6. The van der Waals surface area contributed by atoms with Gasteiger partial charge in [0, 0.05) is 13.2 Å². The lowest BCUT2D eigenvalue weighted by molar-refractivity contribution is -0.0230. The van der Waals surface area contributed by atoms with E-state index in [1.807, 2.05) is 0 Å². The Morgan fingerprint density at radius 1 is 1.22 bits per heavy atom. The maximum Gasteiger partial charge on any atom is 0.167 e. The van der Waals surface area contributed by atoms with Gasteiger partial charge in [-0.05, 0) is 25.7 Å². The average Bonchev–Trinajstić information content (AvgIpc) is 3.25. The molecule has 1 aliphatic heterocycles. The smallest absolute Gasteiger partial charge is 0.167 e. The second-order valence-corrected chi connectivity index (χ2v) is 7.00. The fraction of sp³-hybridized carbons (Fsp3) is 0.611. The molecule has 0 bridgehead atoms. The van der Waals surface area contributed by atoms with E-state index in [9.17, 15) is 10.2 Å². The van der Waals surface area contributed by atoms with E-state index in [0.29, 0.717) is 29.1 Å². The van der Waals surface area contributed by atoms with Crippen LogP contribution in [-0.2, 0) is 9.47 Å². The normalized spacial score (nSPS) is 33.9. The fourth-order valence-corrected chi connectivity index (χ4v) is 3.81. The van der Waals surface area contributed by atoms with Crippen LogP contribution in [0.5, 0.6) is 0 Å². The van der Waals surface area contributed by atoms with Crippen LogP contribution in [0.15, 0.2) is 12.7 Å². The highest BCUT2D eigenvalue weighted by molar-refractivity contribution is 5.82. The topological polar surface area (TPSA) is 115 Å². The molecule has 2 fully saturated rings. The Hall–Kier alpha value is -2.25. The van der Waals surface area contributed by atoms with E-state index in [1.165, 1.54) is 12.7 Å². The Kier molecular flexibility index (Phi) is 4.97.